The summed E-state index contributed by atoms with van der Waals surface area (Å²) in [6, 6.07) is 3.53. The van der Waals surface area contributed by atoms with Crippen LogP contribution in [-0.2, 0) is 4.79 Å². The maximum absolute atomic E-state index is 12.6. The number of benzene rings is 1. The van der Waals surface area contributed by atoms with Crippen molar-refractivity contribution in [3.63, 3.8) is 0 Å². The molecular weight excluding hydrogens is 404 g/mol. The fraction of sp³-hybridized carbons (Fsp3) is 0.550. The van der Waals surface area contributed by atoms with Crippen molar-refractivity contribution in [2.24, 2.45) is 0 Å². The molecule has 1 saturated heterocycles. The number of amides is 1. The van der Waals surface area contributed by atoms with Gasteiger partial charge in [-0.3, -0.25) is 19.5 Å². The number of carbonyl (C=O) groups is 1. The van der Waals surface area contributed by atoms with Gasteiger partial charge < -0.3 is 10.2 Å². The molecule has 4 rings (SSSR count). The third kappa shape index (κ3) is 4.28. The van der Waals surface area contributed by atoms with Crippen LogP contribution in [0.25, 0.3) is 0 Å². The first kappa shape index (κ1) is 20.6. The van der Waals surface area contributed by atoms with E-state index in [9.17, 15) is 14.9 Å². The Balaban J connectivity index is 1.47. The molecule has 1 N–H and O–H groups in total. The van der Waals surface area contributed by atoms with E-state index in [1.165, 1.54) is 24.2 Å². The number of nitrogens with zero attached hydrogens (tertiary/aromatic N) is 5. The maximum Gasteiger partial charge on any atom is 0.293 e. The zero-order valence-corrected chi connectivity index (χ0v) is 18.1. The second-order valence-electron chi connectivity index (χ2n) is 7.93. The molecule has 0 radical (unpaired) electrons. The van der Waals surface area contributed by atoms with Gasteiger partial charge in [-0.15, -0.1) is 10.2 Å². The number of anilines is 2. The van der Waals surface area contributed by atoms with Crippen LogP contribution in [0.5, 0.6) is 0 Å². The smallest absolute Gasteiger partial charge is 0.293 e. The Labute approximate surface area is 179 Å². The lowest BCUT2D eigenvalue weighted by Gasteiger charge is -2.27. The average molecular weight is 431 g/mol. The molecule has 1 aromatic heterocycles. The number of carbonyl (C=O) groups excluding carboxylic acids is 1. The van der Waals surface area contributed by atoms with Crippen LogP contribution in [-0.4, -0.2) is 44.4 Å². The topological polar surface area (TPSA) is 106 Å². The van der Waals surface area contributed by atoms with Gasteiger partial charge in [0.05, 0.1) is 10.7 Å². The summed E-state index contributed by atoms with van der Waals surface area (Å²) >= 11 is 1.33. The molecule has 2 aliphatic rings. The quantitative estimate of drug-likeness (QED) is 0.404. The standard InChI is InChI=1S/C20H26N6O3S/c1-13-6-9-16(26(28)29)18(14(13)2)21-17(27)12-30-20-23-22-19(25(20)15-7-8-15)24-10-4-3-5-11-24/h6,9,15H,3-5,7-8,10-12H2,1-2H3,(H,21,27). The summed E-state index contributed by atoms with van der Waals surface area (Å²) in [6.45, 7) is 5.63. The number of rotatable bonds is 7. The van der Waals surface area contributed by atoms with Gasteiger partial charge in [0.25, 0.3) is 5.69 Å². The Hall–Kier alpha value is -2.62. The Morgan fingerprint density at radius 2 is 1.97 bits per heavy atom. The van der Waals surface area contributed by atoms with E-state index < -0.39 is 4.92 Å². The van der Waals surface area contributed by atoms with E-state index >= 15 is 0 Å². The summed E-state index contributed by atoms with van der Waals surface area (Å²) in [6.07, 6.45) is 5.79. The van der Waals surface area contributed by atoms with Gasteiger partial charge in [0, 0.05) is 25.2 Å². The molecule has 2 heterocycles. The predicted octanol–water partition coefficient (Wildman–Crippen LogP) is 3.86. The van der Waals surface area contributed by atoms with E-state index in [2.05, 4.69) is 25.0 Å². The van der Waals surface area contributed by atoms with Crippen molar-refractivity contribution in [3.8, 4) is 0 Å². The van der Waals surface area contributed by atoms with Crippen LogP contribution < -0.4 is 10.2 Å². The van der Waals surface area contributed by atoms with Gasteiger partial charge >= 0.3 is 0 Å². The summed E-state index contributed by atoms with van der Waals surface area (Å²) in [5.74, 6) is 0.738. The van der Waals surface area contributed by atoms with Crippen molar-refractivity contribution in [3.05, 3.63) is 33.4 Å². The summed E-state index contributed by atoms with van der Waals surface area (Å²) in [5.41, 5.74) is 1.77. The highest BCUT2D eigenvalue weighted by atomic mass is 32.2. The third-order valence-electron chi connectivity index (χ3n) is 5.70. The largest absolute Gasteiger partial charge is 0.341 e. The third-order valence-corrected chi connectivity index (χ3v) is 6.65. The van der Waals surface area contributed by atoms with E-state index in [0.717, 1.165) is 55.4 Å². The van der Waals surface area contributed by atoms with Gasteiger partial charge in [-0.05, 0) is 57.1 Å². The number of nitro benzene ring substituents is 1. The fourth-order valence-electron chi connectivity index (χ4n) is 3.75. The number of hydrogen-bond acceptors (Lipinski definition) is 7. The number of aryl methyl sites for hydroxylation is 1. The Morgan fingerprint density at radius 1 is 1.23 bits per heavy atom. The first-order valence-corrected chi connectivity index (χ1v) is 11.3. The minimum absolute atomic E-state index is 0.0926. The molecular formula is C20H26N6O3S. The molecule has 2 fully saturated rings. The van der Waals surface area contributed by atoms with E-state index in [4.69, 9.17) is 0 Å². The molecule has 1 aromatic carbocycles. The van der Waals surface area contributed by atoms with Crippen molar-refractivity contribution in [1.82, 2.24) is 14.8 Å². The second kappa shape index (κ2) is 8.63. The molecule has 2 aromatic rings. The highest BCUT2D eigenvalue weighted by molar-refractivity contribution is 7.99. The predicted molar refractivity (Wildman–Crippen MR) is 116 cm³/mol. The van der Waals surface area contributed by atoms with E-state index in [0.29, 0.717) is 11.6 Å². The summed E-state index contributed by atoms with van der Waals surface area (Å²) < 4.78 is 2.17. The minimum Gasteiger partial charge on any atom is -0.341 e. The summed E-state index contributed by atoms with van der Waals surface area (Å²) in [4.78, 5) is 25.8. The van der Waals surface area contributed by atoms with E-state index in [1.807, 2.05) is 6.92 Å². The number of hydrogen-bond donors (Lipinski definition) is 1. The van der Waals surface area contributed by atoms with Gasteiger partial charge in [0.1, 0.15) is 5.69 Å². The Morgan fingerprint density at radius 3 is 2.63 bits per heavy atom. The molecule has 1 saturated carbocycles. The number of nitrogens with one attached hydrogen (secondary N) is 1. The molecule has 1 aliphatic heterocycles. The van der Waals surface area contributed by atoms with Gasteiger partial charge in [0.15, 0.2) is 5.16 Å². The second-order valence-corrected chi connectivity index (χ2v) is 8.87. The van der Waals surface area contributed by atoms with Gasteiger partial charge in [-0.25, -0.2) is 0 Å². The molecule has 1 aliphatic carbocycles. The lowest BCUT2D eigenvalue weighted by atomic mass is 10.1. The van der Waals surface area contributed by atoms with Gasteiger partial charge in [-0.2, -0.15) is 0 Å². The SMILES string of the molecule is Cc1ccc([N+](=O)[O-])c(NC(=O)CSc2nnc(N3CCCCC3)n2C2CC2)c1C. The zero-order valence-electron chi connectivity index (χ0n) is 17.3. The monoisotopic (exact) mass is 430 g/mol. The molecule has 0 atom stereocenters. The van der Waals surface area contributed by atoms with Crippen LogP contribution in [0.2, 0.25) is 0 Å². The molecule has 30 heavy (non-hydrogen) atoms. The number of aromatic nitrogens is 3. The van der Waals surface area contributed by atoms with E-state index in [1.54, 1.807) is 13.0 Å². The number of thioether (sulfide) groups is 1. The number of piperidine rings is 1. The average Bonchev–Trinajstić information content (AvgIpc) is 3.49. The first-order valence-electron chi connectivity index (χ1n) is 10.3. The van der Waals surface area contributed by atoms with Crippen LogP contribution in [0, 0.1) is 24.0 Å². The molecule has 0 bridgehead atoms. The van der Waals surface area contributed by atoms with Crippen LogP contribution in [0.3, 0.4) is 0 Å². The van der Waals surface area contributed by atoms with Gasteiger partial charge in [-0.1, -0.05) is 17.8 Å². The summed E-state index contributed by atoms with van der Waals surface area (Å²) in [5, 5.41) is 23.6. The minimum atomic E-state index is -0.468. The van der Waals surface area contributed by atoms with Gasteiger partial charge in [0.2, 0.25) is 11.9 Å². The number of nitro groups is 1. The highest BCUT2D eigenvalue weighted by Gasteiger charge is 2.32. The van der Waals surface area contributed by atoms with Crippen molar-refractivity contribution < 1.29 is 9.72 Å². The molecule has 0 unspecified atom stereocenters. The van der Waals surface area contributed by atoms with Crippen LogP contribution in [0.15, 0.2) is 17.3 Å². The Bertz CT molecular complexity index is 966. The van der Waals surface area contributed by atoms with E-state index in [-0.39, 0.29) is 23.0 Å². The van der Waals surface area contributed by atoms with Crippen molar-refractivity contribution in [2.75, 3.05) is 29.1 Å². The first-order chi connectivity index (χ1) is 14.5. The summed E-state index contributed by atoms with van der Waals surface area (Å²) in [7, 11) is 0. The zero-order chi connectivity index (χ0) is 21.3. The lowest BCUT2D eigenvalue weighted by Crippen LogP contribution is -2.32. The van der Waals surface area contributed by atoms with Crippen molar-refractivity contribution >= 4 is 35.0 Å². The van der Waals surface area contributed by atoms with Crippen LogP contribution >= 0.6 is 11.8 Å². The molecule has 1 amide bonds. The molecule has 0 spiro atoms. The molecule has 160 valence electrons. The van der Waals surface area contributed by atoms with Crippen LogP contribution in [0.4, 0.5) is 17.3 Å². The highest BCUT2D eigenvalue weighted by Crippen LogP contribution is 2.41. The van der Waals surface area contributed by atoms with Crippen LogP contribution in [0.1, 0.15) is 49.3 Å². The lowest BCUT2D eigenvalue weighted by molar-refractivity contribution is -0.384. The van der Waals surface area contributed by atoms with Crippen molar-refractivity contribution in [2.45, 2.75) is 57.1 Å². The van der Waals surface area contributed by atoms with Crippen molar-refractivity contribution in [1.29, 1.82) is 0 Å². The fourth-order valence-corrected chi connectivity index (χ4v) is 4.55. The normalized spacial score (nSPS) is 16.5. The Kier molecular flexibility index (Phi) is 5.94. The molecule has 10 heteroatoms. The molecule has 9 nitrogen and oxygen atoms in total. The maximum atomic E-state index is 12.6.